The molecule has 128 valence electrons. The molecule has 3 rings (SSSR count). The third kappa shape index (κ3) is 3.72. The predicted octanol–water partition coefficient (Wildman–Crippen LogP) is 2.94. The van der Waals surface area contributed by atoms with Gasteiger partial charge < -0.3 is 15.2 Å². The van der Waals surface area contributed by atoms with Crippen molar-refractivity contribution >= 4 is 33.9 Å². The van der Waals surface area contributed by atoms with Gasteiger partial charge in [0.25, 0.3) is 5.24 Å². The molecule has 0 bridgehead atoms. The molecule has 1 saturated heterocycles. The molecule has 0 unspecified atom stereocenters. The molecule has 24 heavy (non-hydrogen) atoms. The van der Waals surface area contributed by atoms with Crippen molar-refractivity contribution in [3.63, 3.8) is 0 Å². The fourth-order valence-electron chi connectivity index (χ4n) is 2.78. The Morgan fingerprint density at radius 2 is 2.21 bits per heavy atom. The van der Waals surface area contributed by atoms with Crippen LogP contribution < -0.4 is 5.32 Å². The van der Waals surface area contributed by atoms with Gasteiger partial charge in [0.2, 0.25) is 5.91 Å². The Labute approximate surface area is 145 Å². The summed E-state index contributed by atoms with van der Waals surface area (Å²) >= 11 is 1.32. The third-order valence-electron chi connectivity index (χ3n) is 4.14. The summed E-state index contributed by atoms with van der Waals surface area (Å²) in [5.41, 5.74) is 1.86. The molecule has 1 aliphatic heterocycles. The Bertz CT molecular complexity index is 710. The smallest absolute Gasteiger partial charge is 0.281 e. The number of benzene rings is 1. The maximum atomic E-state index is 12.3. The number of aromatic nitrogens is 2. The molecule has 1 aliphatic rings. The number of nitrogens with zero attached hydrogens (tertiary/aromatic N) is 2. The van der Waals surface area contributed by atoms with Gasteiger partial charge in [-0.05, 0) is 18.1 Å². The lowest BCUT2D eigenvalue weighted by Gasteiger charge is -2.21. The fraction of sp³-hybridized carbons (Fsp3) is 0.471. The van der Waals surface area contributed by atoms with Gasteiger partial charge in [0, 0.05) is 25.3 Å². The second kappa shape index (κ2) is 7.25. The van der Waals surface area contributed by atoms with Gasteiger partial charge >= 0.3 is 0 Å². The van der Waals surface area contributed by atoms with Crippen molar-refractivity contribution in [1.82, 2.24) is 20.2 Å². The summed E-state index contributed by atoms with van der Waals surface area (Å²) in [6.07, 6.45) is 0.315. The van der Waals surface area contributed by atoms with Crippen molar-refractivity contribution in [1.29, 1.82) is 0 Å². The zero-order chi connectivity index (χ0) is 17.1. The van der Waals surface area contributed by atoms with E-state index in [0.717, 1.165) is 29.2 Å². The standard InChI is InChI=1S/C17H22N4O2S/c1-11(2)15(16-18-12-5-3-4-6-13(12)19-16)20-14(22)7-8-21-9-10-24-17(21)23/h3-6,11,15H,7-10H2,1-2H3,(H,18,19)(H,20,22)/t15-/m1/s1. The summed E-state index contributed by atoms with van der Waals surface area (Å²) in [7, 11) is 0. The van der Waals surface area contributed by atoms with Crippen LogP contribution in [0.2, 0.25) is 0 Å². The Kier molecular flexibility index (Phi) is 5.08. The number of nitrogens with one attached hydrogen (secondary N) is 2. The minimum atomic E-state index is -0.173. The lowest BCUT2D eigenvalue weighted by molar-refractivity contribution is -0.122. The second-order valence-corrected chi connectivity index (χ2v) is 7.33. The Morgan fingerprint density at radius 3 is 2.88 bits per heavy atom. The largest absolute Gasteiger partial charge is 0.346 e. The van der Waals surface area contributed by atoms with Crippen LogP contribution in [0.5, 0.6) is 0 Å². The lowest BCUT2D eigenvalue weighted by Crippen LogP contribution is -2.35. The van der Waals surface area contributed by atoms with Crippen LogP contribution in [-0.2, 0) is 4.79 Å². The molecule has 0 saturated carbocycles. The molecular formula is C17H22N4O2S. The number of rotatable bonds is 6. The molecule has 1 atom stereocenters. The highest BCUT2D eigenvalue weighted by Gasteiger charge is 2.24. The molecule has 0 spiro atoms. The Morgan fingerprint density at radius 1 is 1.42 bits per heavy atom. The summed E-state index contributed by atoms with van der Waals surface area (Å²) in [5, 5.41) is 3.12. The predicted molar refractivity (Wildman–Crippen MR) is 95.9 cm³/mol. The minimum absolute atomic E-state index is 0.0566. The van der Waals surface area contributed by atoms with Gasteiger partial charge in [0.15, 0.2) is 0 Å². The topological polar surface area (TPSA) is 78.1 Å². The summed E-state index contributed by atoms with van der Waals surface area (Å²) in [4.78, 5) is 33.5. The van der Waals surface area contributed by atoms with Crippen LogP contribution in [0, 0.1) is 5.92 Å². The number of thioether (sulfide) groups is 1. The van der Waals surface area contributed by atoms with Gasteiger partial charge in [-0.15, -0.1) is 0 Å². The molecule has 1 fully saturated rings. The van der Waals surface area contributed by atoms with Crippen molar-refractivity contribution in [3.8, 4) is 0 Å². The number of para-hydroxylation sites is 2. The molecule has 2 amide bonds. The normalized spacial score (nSPS) is 16.1. The second-order valence-electron chi connectivity index (χ2n) is 6.28. The van der Waals surface area contributed by atoms with Gasteiger partial charge in [-0.25, -0.2) is 4.98 Å². The number of amides is 2. The molecule has 1 aromatic heterocycles. The molecular weight excluding hydrogens is 324 g/mol. The number of hydrogen-bond donors (Lipinski definition) is 2. The van der Waals surface area contributed by atoms with Crippen LogP contribution in [0.25, 0.3) is 11.0 Å². The lowest BCUT2D eigenvalue weighted by atomic mass is 10.0. The maximum Gasteiger partial charge on any atom is 0.281 e. The van der Waals surface area contributed by atoms with Crippen molar-refractivity contribution in [3.05, 3.63) is 30.1 Å². The van der Waals surface area contributed by atoms with E-state index >= 15 is 0 Å². The van der Waals surface area contributed by atoms with E-state index in [2.05, 4.69) is 29.1 Å². The van der Waals surface area contributed by atoms with Crippen molar-refractivity contribution in [2.75, 3.05) is 18.8 Å². The molecule has 0 aliphatic carbocycles. The van der Waals surface area contributed by atoms with Gasteiger partial charge in [-0.3, -0.25) is 9.59 Å². The molecule has 1 aromatic carbocycles. The number of carbonyl (C=O) groups is 2. The van der Waals surface area contributed by atoms with Crippen LogP contribution in [0.3, 0.4) is 0 Å². The van der Waals surface area contributed by atoms with Crippen LogP contribution in [0.4, 0.5) is 4.79 Å². The molecule has 6 nitrogen and oxygen atoms in total. The van der Waals surface area contributed by atoms with E-state index in [0.29, 0.717) is 13.0 Å². The first kappa shape index (κ1) is 16.8. The minimum Gasteiger partial charge on any atom is -0.346 e. The first-order chi connectivity index (χ1) is 11.5. The fourth-order valence-corrected chi connectivity index (χ4v) is 3.63. The third-order valence-corrected chi connectivity index (χ3v) is 5.03. The SMILES string of the molecule is CC(C)[C@@H](NC(=O)CCN1CCSC1=O)c1nc2ccccc2[nH]1. The monoisotopic (exact) mass is 346 g/mol. The number of H-pyrrole nitrogens is 1. The Hall–Kier alpha value is -2.02. The Balaban J connectivity index is 1.65. The van der Waals surface area contributed by atoms with Gasteiger partial charge in [0.1, 0.15) is 5.82 Å². The number of hydrogen-bond acceptors (Lipinski definition) is 4. The summed E-state index contributed by atoms with van der Waals surface area (Å²) in [6.45, 7) is 5.31. The number of imidazole rings is 1. The van der Waals surface area contributed by atoms with E-state index in [4.69, 9.17) is 0 Å². The highest BCUT2D eigenvalue weighted by molar-refractivity contribution is 8.13. The first-order valence-corrected chi connectivity index (χ1v) is 9.19. The highest BCUT2D eigenvalue weighted by Crippen LogP contribution is 2.22. The number of carbonyl (C=O) groups excluding carboxylic acids is 2. The van der Waals surface area contributed by atoms with Crippen LogP contribution in [0.15, 0.2) is 24.3 Å². The van der Waals surface area contributed by atoms with Gasteiger partial charge in [0.05, 0.1) is 17.1 Å². The number of aromatic amines is 1. The van der Waals surface area contributed by atoms with E-state index in [1.54, 1.807) is 4.90 Å². The van der Waals surface area contributed by atoms with Crippen molar-refractivity contribution in [2.45, 2.75) is 26.3 Å². The van der Waals surface area contributed by atoms with E-state index in [9.17, 15) is 9.59 Å². The van der Waals surface area contributed by atoms with E-state index in [1.165, 1.54) is 11.8 Å². The van der Waals surface area contributed by atoms with E-state index < -0.39 is 0 Å². The van der Waals surface area contributed by atoms with Crippen LogP contribution in [-0.4, -0.2) is 44.9 Å². The average Bonchev–Trinajstić information content (AvgIpc) is 3.16. The molecule has 0 radical (unpaired) electrons. The average molecular weight is 346 g/mol. The molecule has 7 heteroatoms. The van der Waals surface area contributed by atoms with Crippen LogP contribution in [0.1, 0.15) is 32.1 Å². The molecule has 2 N–H and O–H groups in total. The highest BCUT2D eigenvalue weighted by atomic mass is 32.2. The molecule has 2 heterocycles. The zero-order valence-corrected chi connectivity index (χ0v) is 14.7. The van der Waals surface area contributed by atoms with Crippen molar-refractivity contribution in [2.24, 2.45) is 5.92 Å². The number of fused-ring (bicyclic) bond motifs is 1. The van der Waals surface area contributed by atoms with E-state index in [1.807, 2.05) is 24.3 Å². The molecule has 2 aromatic rings. The summed E-state index contributed by atoms with van der Waals surface area (Å²) < 4.78 is 0. The first-order valence-electron chi connectivity index (χ1n) is 8.20. The van der Waals surface area contributed by atoms with Crippen molar-refractivity contribution < 1.29 is 9.59 Å². The van der Waals surface area contributed by atoms with E-state index in [-0.39, 0.29) is 23.1 Å². The van der Waals surface area contributed by atoms with Crippen LogP contribution >= 0.6 is 11.8 Å². The van der Waals surface area contributed by atoms with Gasteiger partial charge in [-0.1, -0.05) is 37.7 Å². The zero-order valence-electron chi connectivity index (χ0n) is 13.9. The van der Waals surface area contributed by atoms with Gasteiger partial charge in [-0.2, -0.15) is 0 Å². The summed E-state index contributed by atoms with van der Waals surface area (Å²) in [5.74, 6) is 1.73. The summed E-state index contributed by atoms with van der Waals surface area (Å²) in [6, 6.07) is 7.65. The maximum absolute atomic E-state index is 12.3. The quantitative estimate of drug-likeness (QED) is 0.843.